The molecule has 0 bridgehead atoms. The maximum atomic E-state index is 13.1. The topological polar surface area (TPSA) is 128 Å². The molecule has 0 spiro atoms. The predicted molar refractivity (Wildman–Crippen MR) is 180 cm³/mol. The summed E-state index contributed by atoms with van der Waals surface area (Å²) in [5.41, 5.74) is 5.46. The Labute approximate surface area is 276 Å². The maximum Gasteiger partial charge on any atom is 0.459 e. The van der Waals surface area contributed by atoms with Crippen molar-refractivity contribution in [2.75, 3.05) is 47.8 Å². The van der Waals surface area contributed by atoms with Crippen molar-refractivity contribution in [3.63, 3.8) is 0 Å². The van der Waals surface area contributed by atoms with E-state index in [-0.39, 0.29) is 24.4 Å². The van der Waals surface area contributed by atoms with Gasteiger partial charge in [0.1, 0.15) is 6.04 Å². The van der Waals surface area contributed by atoms with Crippen LogP contribution in [0.15, 0.2) is 52.3 Å². The zero-order valence-corrected chi connectivity index (χ0v) is 28.3. The Bertz CT molecular complexity index is 1710. The van der Waals surface area contributed by atoms with E-state index in [0.29, 0.717) is 50.2 Å². The number of likely N-dealkylation sites (tertiary alicyclic amines) is 1. The fourth-order valence-electron chi connectivity index (χ4n) is 6.99. The number of fused-ring (bicyclic) bond motifs is 2. The number of nitrogens with one attached hydrogen (secondary N) is 1. The third-order valence-electron chi connectivity index (χ3n) is 9.43. The van der Waals surface area contributed by atoms with E-state index in [0.717, 1.165) is 39.9 Å². The molecule has 0 saturated carbocycles. The quantitative estimate of drug-likeness (QED) is 0.334. The lowest BCUT2D eigenvalue weighted by atomic mass is 9.68. The molecule has 2 aliphatic rings. The second kappa shape index (κ2) is 13.6. The van der Waals surface area contributed by atoms with Gasteiger partial charge in [-0.3, -0.25) is 9.59 Å². The average molecular weight is 640 g/mol. The molecule has 2 unspecified atom stereocenters. The predicted octanol–water partition coefficient (Wildman–Crippen LogP) is 3.58. The lowest BCUT2D eigenvalue weighted by Gasteiger charge is -2.36. The molecule has 5 rings (SSSR count). The molecule has 2 heterocycles. The van der Waals surface area contributed by atoms with Gasteiger partial charge in [0.2, 0.25) is 5.91 Å². The Hall–Kier alpha value is -4.69. The summed E-state index contributed by atoms with van der Waals surface area (Å²) in [5.74, 6) is -0.408. The van der Waals surface area contributed by atoms with Crippen LogP contribution < -0.4 is 11.1 Å². The minimum Gasteiger partial charge on any atom is -0.378 e. The Morgan fingerprint density at radius 2 is 1.72 bits per heavy atom. The van der Waals surface area contributed by atoms with Crippen molar-refractivity contribution in [1.29, 1.82) is 5.26 Å². The smallest absolute Gasteiger partial charge is 0.378 e. The van der Waals surface area contributed by atoms with Gasteiger partial charge in [-0.25, -0.2) is 4.79 Å². The minimum atomic E-state index is -0.964. The number of aryl methyl sites for hydroxylation is 2. The summed E-state index contributed by atoms with van der Waals surface area (Å²) < 4.78 is 7.30. The standard InChI is InChI=1S/C36H45N7O4/c1-23(2)43-34(39-35(46)47-43)36(16-17-38-22-32(44)42-18-8-9-29(42)21-37)30-14-12-25(24(3)40(4)5)19-26(30)10-11-27-20-28(13-15-31(27)36)33(45)41(6)7/h12-15,19-20,23,29,38H,3,8-11,16-18,22H2,1-2,4-7H3. The molecule has 1 aliphatic carbocycles. The number of aromatic nitrogens is 2. The van der Waals surface area contributed by atoms with E-state index in [1.54, 1.807) is 28.6 Å². The van der Waals surface area contributed by atoms with Crippen LogP contribution >= 0.6 is 0 Å². The van der Waals surface area contributed by atoms with Gasteiger partial charge in [-0.2, -0.15) is 15.0 Å². The number of hydrogen-bond acceptors (Lipinski definition) is 8. The third-order valence-corrected chi connectivity index (χ3v) is 9.43. The summed E-state index contributed by atoms with van der Waals surface area (Å²) in [4.78, 5) is 48.9. The van der Waals surface area contributed by atoms with Gasteiger partial charge in [-0.15, -0.1) is 0 Å². The Morgan fingerprint density at radius 3 is 2.32 bits per heavy atom. The van der Waals surface area contributed by atoms with E-state index >= 15 is 0 Å². The third kappa shape index (κ3) is 6.34. The molecule has 2 aromatic carbocycles. The summed E-state index contributed by atoms with van der Waals surface area (Å²) in [5, 5.41) is 12.8. The average Bonchev–Trinajstić information content (AvgIpc) is 3.67. The Morgan fingerprint density at radius 1 is 1.09 bits per heavy atom. The summed E-state index contributed by atoms with van der Waals surface area (Å²) in [6.45, 7) is 9.25. The van der Waals surface area contributed by atoms with Crippen LogP contribution in [0.1, 0.15) is 83.2 Å². The molecule has 1 aromatic heterocycles. The number of carbonyl (C=O) groups is 2. The van der Waals surface area contributed by atoms with Crippen molar-refractivity contribution in [1.82, 2.24) is 29.7 Å². The zero-order valence-electron chi connectivity index (χ0n) is 28.3. The molecule has 248 valence electrons. The van der Waals surface area contributed by atoms with Gasteiger partial charge in [0.15, 0.2) is 5.82 Å². The van der Waals surface area contributed by atoms with E-state index in [1.807, 2.05) is 51.0 Å². The molecular weight excluding hydrogens is 594 g/mol. The molecule has 3 aromatic rings. The first kappa shape index (κ1) is 33.7. The highest BCUT2D eigenvalue weighted by Gasteiger charge is 2.46. The van der Waals surface area contributed by atoms with Gasteiger partial charge in [-0.1, -0.05) is 24.8 Å². The fraction of sp³-hybridized carbons (Fsp3) is 0.472. The van der Waals surface area contributed by atoms with Crippen LogP contribution in [0.4, 0.5) is 0 Å². The summed E-state index contributed by atoms with van der Waals surface area (Å²) in [7, 11) is 7.39. The van der Waals surface area contributed by atoms with E-state index < -0.39 is 17.2 Å². The van der Waals surface area contributed by atoms with E-state index in [1.165, 1.54) is 0 Å². The normalized spacial score (nSPS) is 18.7. The highest BCUT2D eigenvalue weighted by atomic mass is 16.5. The van der Waals surface area contributed by atoms with Crippen molar-refractivity contribution in [3.05, 3.63) is 92.7 Å². The van der Waals surface area contributed by atoms with Crippen LogP contribution in [-0.2, 0) is 23.1 Å². The van der Waals surface area contributed by atoms with E-state index in [2.05, 4.69) is 41.1 Å². The molecule has 1 fully saturated rings. The highest BCUT2D eigenvalue weighted by molar-refractivity contribution is 5.94. The fourth-order valence-corrected chi connectivity index (χ4v) is 6.99. The summed E-state index contributed by atoms with van der Waals surface area (Å²) in [6, 6.07) is 13.7. The van der Waals surface area contributed by atoms with Gasteiger partial charge >= 0.3 is 5.76 Å². The molecule has 47 heavy (non-hydrogen) atoms. The number of amides is 2. The number of hydrogen-bond donors (Lipinski definition) is 1. The molecule has 1 saturated heterocycles. The van der Waals surface area contributed by atoms with Crippen LogP contribution in [0.5, 0.6) is 0 Å². The number of nitrogens with zero attached hydrogens (tertiary/aromatic N) is 6. The number of carbonyl (C=O) groups excluding carboxylic acids is 2. The Kier molecular flexibility index (Phi) is 9.73. The number of rotatable bonds is 10. The first-order valence-corrected chi connectivity index (χ1v) is 16.2. The largest absolute Gasteiger partial charge is 0.459 e. The lowest BCUT2D eigenvalue weighted by Crippen LogP contribution is -2.42. The second-order valence-electron chi connectivity index (χ2n) is 13.2. The lowest BCUT2D eigenvalue weighted by molar-refractivity contribution is -0.130. The van der Waals surface area contributed by atoms with Gasteiger partial charge in [0.25, 0.3) is 5.91 Å². The Balaban J connectivity index is 1.68. The second-order valence-corrected chi connectivity index (χ2v) is 13.2. The van der Waals surface area contributed by atoms with Gasteiger partial charge in [0, 0.05) is 46.0 Å². The van der Waals surface area contributed by atoms with Crippen molar-refractivity contribution >= 4 is 17.5 Å². The van der Waals surface area contributed by atoms with Gasteiger partial charge < -0.3 is 24.5 Å². The first-order chi connectivity index (χ1) is 22.4. The van der Waals surface area contributed by atoms with Crippen molar-refractivity contribution < 1.29 is 14.1 Å². The van der Waals surface area contributed by atoms with Crippen molar-refractivity contribution in [2.45, 2.75) is 63.5 Å². The van der Waals surface area contributed by atoms with Gasteiger partial charge in [0.05, 0.1) is 24.1 Å². The molecular formula is C36H45N7O4. The zero-order chi connectivity index (χ0) is 34.0. The molecule has 11 nitrogen and oxygen atoms in total. The molecule has 0 radical (unpaired) electrons. The first-order valence-electron chi connectivity index (χ1n) is 16.2. The molecule has 11 heteroatoms. The maximum absolute atomic E-state index is 13.1. The molecule has 1 aliphatic heterocycles. The molecule has 2 amide bonds. The van der Waals surface area contributed by atoms with Crippen molar-refractivity contribution in [3.8, 4) is 6.07 Å². The monoisotopic (exact) mass is 639 g/mol. The SMILES string of the molecule is C=C(c1ccc2c(c1)CCc1cc(C(=O)N(C)C)ccc1C2(CCNCC(=O)N1CCCC1C#N)c1nc(=O)on1C(C)C)N(C)C. The van der Waals surface area contributed by atoms with E-state index in [9.17, 15) is 19.6 Å². The summed E-state index contributed by atoms with van der Waals surface area (Å²) >= 11 is 0. The van der Waals surface area contributed by atoms with Crippen LogP contribution in [0, 0.1) is 11.3 Å². The molecule has 2 atom stereocenters. The van der Waals surface area contributed by atoms with Crippen LogP contribution in [-0.4, -0.2) is 90.1 Å². The number of benzene rings is 2. The van der Waals surface area contributed by atoms with Crippen LogP contribution in [0.2, 0.25) is 0 Å². The minimum absolute atomic E-state index is 0.0850. The van der Waals surface area contributed by atoms with Crippen LogP contribution in [0.25, 0.3) is 5.70 Å². The van der Waals surface area contributed by atoms with Crippen LogP contribution in [0.3, 0.4) is 0 Å². The highest BCUT2D eigenvalue weighted by Crippen LogP contribution is 2.47. The van der Waals surface area contributed by atoms with E-state index in [4.69, 9.17) is 4.52 Å². The number of nitriles is 1. The van der Waals surface area contributed by atoms with Gasteiger partial charge in [-0.05, 0) is 98.5 Å². The summed E-state index contributed by atoms with van der Waals surface area (Å²) in [6.07, 6.45) is 3.31. The molecule has 1 N–H and O–H groups in total. The van der Waals surface area contributed by atoms with Crippen molar-refractivity contribution in [2.24, 2.45) is 0 Å².